The van der Waals surface area contributed by atoms with Gasteiger partial charge in [-0.2, -0.15) is 11.8 Å². The van der Waals surface area contributed by atoms with Gasteiger partial charge >= 0.3 is 6.03 Å². The highest BCUT2D eigenvalue weighted by molar-refractivity contribution is 7.99. The summed E-state index contributed by atoms with van der Waals surface area (Å²) < 4.78 is 5.53. The minimum absolute atomic E-state index is 0.117. The first-order valence-corrected chi connectivity index (χ1v) is 8.55. The Kier molecular flexibility index (Phi) is 5.82. The minimum atomic E-state index is 0.117. The first kappa shape index (κ1) is 15.0. The van der Waals surface area contributed by atoms with E-state index >= 15 is 0 Å². The summed E-state index contributed by atoms with van der Waals surface area (Å²) >= 11 is 1.99. The second-order valence-electron chi connectivity index (χ2n) is 5.89. The molecule has 0 aromatic rings. The van der Waals surface area contributed by atoms with E-state index in [1.54, 1.807) is 0 Å². The number of urea groups is 1. The van der Waals surface area contributed by atoms with Gasteiger partial charge in [0, 0.05) is 12.6 Å². The quantitative estimate of drug-likeness (QED) is 0.866. The maximum Gasteiger partial charge on any atom is 0.318 e. The third kappa shape index (κ3) is 4.56. The first-order chi connectivity index (χ1) is 9.16. The summed E-state index contributed by atoms with van der Waals surface area (Å²) in [4.78, 5) is 14.4. The van der Waals surface area contributed by atoms with Crippen molar-refractivity contribution in [3.63, 3.8) is 0 Å². The van der Waals surface area contributed by atoms with Crippen LogP contribution in [-0.2, 0) is 4.74 Å². The molecule has 0 saturated carbocycles. The maximum absolute atomic E-state index is 12.4. The molecule has 2 heterocycles. The molecule has 2 rings (SSSR count). The predicted octanol–water partition coefficient (Wildman–Crippen LogP) is 2.34. The van der Waals surface area contributed by atoms with E-state index in [0.717, 1.165) is 25.8 Å². The molecule has 0 aliphatic carbocycles. The molecule has 4 nitrogen and oxygen atoms in total. The Bertz CT molecular complexity index is 293. The van der Waals surface area contributed by atoms with Gasteiger partial charge in [0.2, 0.25) is 0 Å². The third-order valence-corrected chi connectivity index (χ3v) is 4.83. The number of carbonyl (C=O) groups excluding carboxylic acids is 1. The van der Waals surface area contributed by atoms with Crippen molar-refractivity contribution in [2.75, 3.05) is 31.3 Å². The molecule has 5 heteroatoms. The molecule has 0 aromatic heterocycles. The first-order valence-electron chi connectivity index (χ1n) is 7.39. The Morgan fingerprint density at radius 1 is 1.42 bits per heavy atom. The highest BCUT2D eigenvalue weighted by Gasteiger charge is 2.29. The number of carbonyl (C=O) groups is 1. The summed E-state index contributed by atoms with van der Waals surface area (Å²) in [6, 6.07) is 0.730. The second-order valence-corrected chi connectivity index (χ2v) is 7.11. The molecule has 0 aromatic carbocycles. The second kappa shape index (κ2) is 7.39. The Labute approximate surface area is 120 Å². The van der Waals surface area contributed by atoms with Gasteiger partial charge in [0.15, 0.2) is 0 Å². The van der Waals surface area contributed by atoms with Gasteiger partial charge in [0.1, 0.15) is 0 Å². The van der Waals surface area contributed by atoms with E-state index in [4.69, 9.17) is 4.74 Å². The normalized spacial score (nSPS) is 25.6. The smallest absolute Gasteiger partial charge is 0.318 e. The zero-order valence-electron chi connectivity index (χ0n) is 12.1. The average molecular weight is 286 g/mol. The van der Waals surface area contributed by atoms with E-state index in [1.165, 1.54) is 11.5 Å². The van der Waals surface area contributed by atoms with Crippen LogP contribution in [0.15, 0.2) is 0 Å². The summed E-state index contributed by atoms with van der Waals surface area (Å²) in [5.41, 5.74) is 0. The molecule has 0 radical (unpaired) electrons. The van der Waals surface area contributed by atoms with Crippen LogP contribution >= 0.6 is 11.8 Å². The summed E-state index contributed by atoms with van der Waals surface area (Å²) in [6.07, 6.45) is 3.24. The van der Waals surface area contributed by atoms with Gasteiger partial charge in [-0.1, -0.05) is 13.8 Å². The molecule has 2 aliphatic heterocycles. The lowest BCUT2D eigenvalue weighted by molar-refractivity contribution is 0.00495. The van der Waals surface area contributed by atoms with E-state index in [1.807, 2.05) is 16.7 Å². The Hall–Kier alpha value is -0.420. The molecule has 0 spiro atoms. The standard InChI is InChI=1S/C14H26N2O2S/c1-11(2)9-13-10-18-6-5-16(13)14(17)15-12-3-7-19-8-4-12/h11-13H,3-10H2,1-2H3,(H,15,17). The lowest BCUT2D eigenvalue weighted by Gasteiger charge is -2.37. The Morgan fingerprint density at radius 2 is 2.16 bits per heavy atom. The summed E-state index contributed by atoms with van der Waals surface area (Å²) in [5.74, 6) is 2.93. The zero-order chi connectivity index (χ0) is 13.7. The number of hydrogen-bond acceptors (Lipinski definition) is 3. The van der Waals surface area contributed by atoms with Crippen LogP contribution in [0.2, 0.25) is 0 Å². The van der Waals surface area contributed by atoms with Crippen molar-refractivity contribution in [1.82, 2.24) is 10.2 Å². The van der Waals surface area contributed by atoms with Crippen molar-refractivity contribution in [3.8, 4) is 0 Å². The molecule has 1 unspecified atom stereocenters. The summed E-state index contributed by atoms with van der Waals surface area (Å²) in [7, 11) is 0. The van der Waals surface area contributed by atoms with Gasteiger partial charge in [-0.05, 0) is 36.7 Å². The van der Waals surface area contributed by atoms with Crippen LogP contribution in [0.4, 0.5) is 4.79 Å². The summed E-state index contributed by atoms with van der Waals surface area (Å²) in [6.45, 7) is 6.48. The molecule has 2 saturated heterocycles. The fraction of sp³-hybridized carbons (Fsp3) is 0.929. The minimum Gasteiger partial charge on any atom is -0.377 e. The number of thioether (sulfide) groups is 1. The highest BCUT2D eigenvalue weighted by Crippen LogP contribution is 2.19. The predicted molar refractivity (Wildman–Crippen MR) is 79.6 cm³/mol. The number of morpholine rings is 1. The third-order valence-electron chi connectivity index (χ3n) is 3.78. The van der Waals surface area contributed by atoms with Crippen molar-refractivity contribution in [3.05, 3.63) is 0 Å². The van der Waals surface area contributed by atoms with Crippen LogP contribution in [-0.4, -0.2) is 54.3 Å². The molecule has 1 atom stereocenters. The van der Waals surface area contributed by atoms with E-state index in [0.29, 0.717) is 25.2 Å². The van der Waals surface area contributed by atoms with Gasteiger partial charge in [-0.25, -0.2) is 4.79 Å². The molecular formula is C14H26N2O2S. The summed E-state index contributed by atoms with van der Waals surface area (Å²) in [5, 5.41) is 3.21. The van der Waals surface area contributed by atoms with Gasteiger partial charge in [0.05, 0.1) is 19.3 Å². The van der Waals surface area contributed by atoms with E-state index < -0.39 is 0 Å². The van der Waals surface area contributed by atoms with Crippen LogP contribution in [0.3, 0.4) is 0 Å². The Balaban J connectivity index is 1.87. The van der Waals surface area contributed by atoms with Crippen molar-refractivity contribution in [2.24, 2.45) is 5.92 Å². The molecule has 2 fully saturated rings. The van der Waals surface area contributed by atoms with E-state index in [2.05, 4.69) is 19.2 Å². The van der Waals surface area contributed by atoms with Crippen molar-refractivity contribution >= 4 is 17.8 Å². The largest absolute Gasteiger partial charge is 0.377 e. The Morgan fingerprint density at radius 3 is 2.84 bits per heavy atom. The van der Waals surface area contributed by atoms with Gasteiger partial charge < -0.3 is 15.0 Å². The van der Waals surface area contributed by atoms with Crippen LogP contribution in [0.1, 0.15) is 33.1 Å². The van der Waals surface area contributed by atoms with Gasteiger partial charge in [0.25, 0.3) is 0 Å². The van der Waals surface area contributed by atoms with Gasteiger partial charge in [-0.3, -0.25) is 0 Å². The molecule has 1 N–H and O–H groups in total. The fourth-order valence-corrected chi connectivity index (χ4v) is 3.87. The zero-order valence-corrected chi connectivity index (χ0v) is 12.9. The molecule has 0 bridgehead atoms. The topological polar surface area (TPSA) is 41.6 Å². The molecule has 2 aliphatic rings. The average Bonchev–Trinajstić information content (AvgIpc) is 2.39. The number of hydrogen-bond donors (Lipinski definition) is 1. The van der Waals surface area contributed by atoms with Crippen molar-refractivity contribution in [2.45, 2.75) is 45.2 Å². The van der Waals surface area contributed by atoms with Crippen LogP contribution < -0.4 is 5.32 Å². The SMILES string of the molecule is CC(C)CC1COCCN1C(=O)NC1CCSCC1. The number of ether oxygens (including phenoxy) is 1. The highest BCUT2D eigenvalue weighted by atomic mass is 32.2. The molecule has 2 amide bonds. The lowest BCUT2D eigenvalue weighted by Crippen LogP contribution is -2.55. The molecule has 19 heavy (non-hydrogen) atoms. The van der Waals surface area contributed by atoms with Crippen LogP contribution in [0.25, 0.3) is 0 Å². The van der Waals surface area contributed by atoms with E-state index in [9.17, 15) is 4.79 Å². The van der Waals surface area contributed by atoms with Crippen LogP contribution in [0, 0.1) is 5.92 Å². The number of rotatable bonds is 3. The van der Waals surface area contributed by atoms with Crippen molar-refractivity contribution in [1.29, 1.82) is 0 Å². The number of nitrogens with zero attached hydrogens (tertiary/aromatic N) is 1. The number of amides is 2. The van der Waals surface area contributed by atoms with Crippen molar-refractivity contribution < 1.29 is 9.53 Å². The van der Waals surface area contributed by atoms with Crippen LogP contribution in [0.5, 0.6) is 0 Å². The molecular weight excluding hydrogens is 260 g/mol. The maximum atomic E-state index is 12.4. The lowest BCUT2D eigenvalue weighted by atomic mass is 10.0. The van der Waals surface area contributed by atoms with E-state index in [-0.39, 0.29) is 12.1 Å². The van der Waals surface area contributed by atoms with Gasteiger partial charge in [-0.15, -0.1) is 0 Å². The molecule has 110 valence electrons. The fourth-order valence-electron chi connectivity index (χ4n) is 2.76. The monoisotopic (exact) mass is 286 g/mol. The number of nitrogens with one attached hydrogen (secondary N) is 1.